The molecular weight excluding hydrogens is 825 g/mol. The summed E-state index contributed by atoms with van der Waals surface area (Å²) in [6, 6.07) is 1.80. The largest absolute Gasteiger partial charge is 0.449 e. The number of hydrogen-bond acceptors (Lipinski definition) is 10. The fraction of sp³-hybridized carbons (Fsp3) is 0.949. The van der Waals surface area contributed by atoms with Crippen LogP contribution in [0.2, 0.25) is 104 Å². The highest BCUT2D eigenvalue weighted by Crippen LogP contribution is 2.48. The van der Waals surface area contributed by atoms with Crippen LogP contribution in [0.3, 0.4) is 0 Å². The average Bonchev–Trinajstić information content (AvgIpc) is 3.65. The molecule has 0 aromatic rings. The van der Waals surface area contributed by atoms with Gasteiger partial charge in [-0.05, 0) is 173 Å². The molecule has 12 nitrogen and oxygen atoms in total. The average molecular weight is 912 g/mol. The summed E-state index contributed by atoms with van der Waals surface area (Å²) in [5.74, 6) is 2.03. The van der Waals surface area contributed by atoms with Crippen LogP contribution in [0, 0.1) is 23.2 Å². The predicted octanol–water partition coefficient (Wildman–Crippen LogP) is 10.0. The maximum atomic E-state index is 13.1. The van der Waals surface area contributed by atoms with Crippen LogP contribution >= 0.6 is 0 Å². The Bertz CT molecular complexity index is 1120. The van der Waals surface area contributed by atoms with Crippen LogP contribution in [-0.4, -0.2) is 115 Å². The Morgan fingerprint density at radius 3 is 1.33 bits per heavy atom. The van der Waals surface area contributed by atoms with Gasteiger partial charge in [-0.3, -0.25) is 0 Å². The standard InChI is InChI=1S/C39H86N2O10Si6/c1-16-40-37(42)46-32-39(33-47-38(43)41-29-36-28-34-21-22-35(36)27-34,30-44-23-17-19-25-56(14,48-52(2,3)4)49-53(5,6)7)31-45-24-18-20-26-57(15,50-54(8,9)10)51-55(11,12)13/h34-36H,16-33H2,1-15H3,(H,40,42)(H,41,43). The zero-order valence-corrected chi connectivity index (χ0v) is 45.0. The van der Waals surface area contributed by atoms with Gasteiger partial charge < -0.3 is 46.0 Å². The van der Waals surface area contributed by atoms with Gasteiger partial charge >= 0.3 is 29.3 Å². The molecule has 0 aromatic heterocycles. The first-order chi connectivity index (χ1) is 26.1. The van der Waals surface area contributed by atoms with Gasteiger partial charge in [0.05, 0.1) is 18.6 Å². The Hall–Kier alpha value is -0.399. The third-order valence-corrected chi connectivity index (χ3v) is 29.2. The third kappa shape index (κ3) is 23.4. The second-order valence-electron chi connectivity index (χ2n) is 21.1. The number of hydrogen-bond donors (Lipinski definition) is 2. The summed E-state index contributed by atoms with van der Waals surface area (Å²) >= 11 is 0. The van der Waals surface area contributed by atoms with Crippen molar-refractivity contribution in [1.82, 2.24) is 10.6 Å². The molecule has 0 saturated heterocycles. The molecule has 3 unspecified atom stereocenters. The molecule has 0 aliphatic heterocycles. The van der Waals surface area contributed by atoms with Crippen LogP contribution in [0.25, 0.3) is 0 Å². The Morgan fingerprint density at radius 1 is 0.561 bits per heavy atom. The molecule has 2 aliphatic rings. The Labute approximate surface area is 354 Å². The number of alkyl carbamates (subject to hydrolysis) is 2. The van der Waals surface area contributed by atoms with Gasteiger partial charge in [-0.25, -0.2) is 9.59 Å². The highest BCUT2D eigenvalue weighted by molar-refractivity contribution is 6.88. The molecule has 2 rings (SSSR count). The molecule has 0 aromatic carbocycles. The molecule has 2 bridgehead atoms. The number of carbonyl (C=O) groups excluding carboxylic acids is 2. The normalized spacial score (nSPS) is 19.5. The first kappa shape index (κ1) is 52.7. The summed E-state index contributed by atoms with van der Waals surface area (Å²) in [5, 5.41) is 5.75. The number of rotatable bonds is 29. The lowest BCUT2D eigenvalue weighted by Crippen LogP contribution is -2.52. The summed E-state index contributed by atoms with van der Waals surface area (Å²) in [6.45, 7) is 35.5. The van der Waals surface area contributed by atoms with E-state index in [0.29, 0.717) is 38.1 Å². The van der Waals surface area contributed by atoms with Crippen LogP contribution < -0.4 is 10.6 Å². The van der Waals surface area contributed by atoms with Crippen molar-refractivity contribution in [3.8, 4) is 0 Å². The quantitative estimate of drug-likeness (QED) is 0.0552. The number of nitrogens with one attached hydrogen (secondary N) is 2. The van der Waals surface area contributed by atoms with E-state index >= 15 is 0 Å². The van der Waals surface area contributed by atoms with Crippen molar-refractivity contribution in [3.63, 3.8) is 0 Å². The number of fused-ring (bicyclic) bond motifs is 2. The lowest BCUT2D eigenvalue weighted by atomic mass is 9.89. The van der Waals surface area contributed by atoms with Crippen molar-refractivity contribution < 1.29 is 45.0 Å². The maximum absolute atomic E-state index is 13.1. The molecule has 2 fully saturated rings. The van der Waals surface area contributed by atoms with Crippen molar-refractivity contribution in [2.45, 2.75) is 162 Å². The van der Waals surface area contributed by atoms with E-state index in [0.717, 1.165) is 43.7 Å². The SMILES string of the molecule is CCNC(=O)OCC(COCCCC[Si](C)(O[Si](C)(C)C)O[Si](C)(C)C)(COCCCC[Si](C)(O[Si](C)(C)C)O[Si](C)(C)C)COC(=O)NCC1CC2CCC1C2. The topological polar surface area (TPSA) is 132 Å². The molecule has 3 atom stereocenters. The minimum absolute atomic E-state index is 0.00681. The Kier molecular flexibility index (Phi) is 21.4. The Balaban J connectivity index is 2.11. The van der Waals surface area contributed by atoms with Crippen molar-refractivity contribution in [3.05, 3.63) is 0 Å². The molecule has 336 valence electrons. The van der Waals surface area contributed by atoms with E-state index in [1.807, 2.05) is 6.92 Å². The van der Waals surface area contributed by atoms with Crippen molar-refractivity contribution >= 4 is 62.6 Å². The fourth-order valence-corrected chi connectivity index (χ4v) is 33.7. The lowest BCUT2D eigenvalue weighted by molar-refractivity contribution is -0.0813. The number of amides is 2. The number of ether oxygens (including phenoxy) is 4. The molecule has 2 amide bonds. The highest BCUT2D eigenvalue weighted by Gasteiger charge is 2.42. The van der Waals surface area contributed by atoms with Crippen LogP contribution in [0.4, 0.5) is 9.59 Å². The molecule has 57 heavy (non-hydrogen) atoms. The van der Waals surface area contributed by atoms with Gasteiger partial charge in [0.25, 0.3) is 0 Å². The number of carbonyl (C=O) groups is 2. The monoisotopic (exact) mass is 910 g/mol. The molecule has 0 heterocycles. The zero-order valence-electron chi connectivity index (χ0n) is 39.0. The molecule has 18 heteroatoms. The first-order valence-electron chi connectivity index (χ1n) is 21.9. The van der Waals surface area contributed by atoms with Crippen LogP contribution in [0.5, 0.6) is 0 Å². The molecule has 2 aliphatic carbocycles. The summed E-state index contributed by atoms with van der Waals surface area (Å²) in [4.78, 5) is 25.7. The minimum Gasteiger partial charge on any atom is -0.449 e. The van der Waals surface area contributed by atoms with Gasteiger partial charge in [0, 0.05) is 26.3 Å². The lowest BCUT2D eigenvalue weighted by Gasteiger charge is -2.38. The summed E-state index contributed by atoms with van der Waals surface area (Å²) in [5.41, 5.74) is -0.898. The third-order valence-electron chi connectivity index (χ3n) is 9.98. The fourth-order valence-electron chi connectivity index (χ4n) is 8.49. The molecule has 0 spiro atoms. The predicted molar refractivity (Wildman–Crippen MR) is 246 cm³/mol. The van der Waals surface area contributed by atoms with Gasteiger partial charge in [0.2, 0.25) is 0 Å². The second-order valence-corrected chi connectivity index (χ2v) is 46.8. The van der Waals surface area contributed by atoms with Crippen molar-refractivity contribution in [2.24, 2.45) is 23.2 Å². The summed E-state index contributed by atoms with van der Waals surface area (Å²) in [6.07, 6.45) is 7.56. The molecule has 2 saturated carbocycles. The molecule has 0 radical (unpaired) electrons. The highest BCUT2D eigenvalue weighted by atomic mass is 28.5. The summed E-state index contributed by atoms with van der Waals surface area (Å²) in [7, 11) is -11.9. The minimum atomic E-state index is -2.35. The van der Waals surface area contributed by atoms with E-state index < -0.39 is 68.0 Å². The van der Waals surface area contributed by atoms with Gasteiger partial charge in [0.1, 0.15) is 13.2 Å². The Morgan fingerprint density at radius 2 is 0.982 bits per heavy atom. The van der Waals surface area contributed by atoms with Gasteiger partial charge in [-0.2, -0.15) is 0 Å². The van der Waals surface area contributed by atoms with Crippen LogP contribution in [-0.2, 0) is 35.4 Å². The van der Waals surface area contributed by atoms with Crippen LogP contribution in [0.1, 0.15) is 58.3 Å². The van der Waals surface area contributed by atoms with E-state index in [1.165, 1.54) is 25.7 Å². The van der Waals surface area contributed by atoms with Gasteiger partial charge in [-0.15, -0.1) is 0 Å². The first-order valence-corrected chi connectivity index (χ1v) is 40.6. The van der Waals surface area contributed by atoms with Gasteiger partial charge in [0.15, 0.2) is 33.3 Å². The summed E-state index contributed by atoms with van der Waals surface area (Å²) < 4.78 is 51.2. The molecule has 2 N–H and O–H groups in total. The van der Waals surface area contributed by atoms with Crippen molar-refractivity contribution in [1.29, 1.82) is 0 Å². The second kappa shape index (κ2) is 23.2. The number of unbranched alkanes of at least 4 members (excludes halogenated alkanes) is 2. The van der Waals surface area contributed by atoms with E-state index in [9.17, 15) is 9.59 Å². The zero-order chi connectivity index (χ0) is 43.2. The van der Waals surface area contributed by atoms with E-state index in [4.69, 9.17) is 35.4 Å². The van der Waals surface area contributed by atoms with E-state index in [-0.39, 0.29) is 26.4 Å². The smallest absolute Gasteiger partial charge is 0.407 e. The van der Waals surface area contributed by atoms with Crippen LogP contribution in [0.15, 0.2) is 0 Å². The maximum Gasteiger partial charge on any atom is 0.407 e. The van der Waals surface area contributed by atoms with Crippen molar-refractivity contribution in [2.75, 3.05) is 52.7 Å². The van der Waals surface area contributed by atoms with E-state index in [2.05, 4.69) is 102 Å². The van der Waals surface area contributed by atoms with Gasteiger partial charge in [-0.1, -0.05) is 6.42 Å². The van der Waals surface area contributed by atoms with E-state index in [1.54, 1.807) is 0 Å². The molecular formula is C39H86N2O10Si6.